The molecule has 0 bridgehead atoms. The molecule has 24 heavy (non-hydrogen) atoms. The van der Waals surface area contributed by atoms with Gasteiger partial charge in [0.1, 0.15) is 17.1 Å². The molecule has 0 aliphatic carbocycles. The SMILES string of the molecule is COc1ccc(-c2oncc2C(=O)Nc2ccc(F)c(Cl)c2)cc1. The number of halogens is 2. The Morgan fingerprint density at radius 1 is 1.25 bits per heavy atom. The molecule has 0 radical (unpaired) electrons. The number of aromatic nitrogens is 1. The van der Waals surface area contributed by atoms with Crippen LogP contribution in [-0.2, 0) is 0 Å². The van der Waals surface area contributed by atoms with Gasteiger partial charge in [-0.15, -0.1) is 0 Å². The number of nitrogens with zero attached hydrogens (tertiary/aromatic N) is 1. The van der Waals surface area contributed by atoms with Gasteiger partial charge in [-0.3, -0.25) is 4.79 Å². The van der Waals surface area contributed by atoms with Crippen LogP contribution >= 0.6 is 11.6 Å². The molecule has 1 aromatic heterocycles. The monoisotopic (exact) mass is 346 g/mol. The summed E-state index contributed by atoms with van der Waals surface area (Å²) >= 11 is 5.71. The zero-order valence-electron chi connectivity index (χ0n) is 12.5. The second-order valence-corrected chi connectivity index (χ2v) is 5.29. The van der Waals surface area contributed by atoms with Crippen LogP contribution < -0.4 is 10.1 Å². The van der Waals surface area contributed by atoms with Crippen molar-refractivity contribution in [1.29, 1.82) is 0 Å². The van der Waals surface area contributed by atoms with Gasteiger partial charge in [0.25, 0.3) is 5.91 Å². The van der Waals surface area contributed by atoms with Crippen LogP contribution in [0, 0.1) is 5.82 Å². The van der Waals surface area contributed by atoms with Crippen molar-refractivity contribution in [3.8, 4) is 17.1 Å². The molecule has 1 amide bonds. The second kappa shape index (κ2) is 6.72. The van der Waals surface area contributed by atoms with E-state index in [1.54, 1.807) is 31.4 Å². The summed E-state index contributed by atoms with van der Waals surface area (Å²) in [5.41, 5.74) is 1.30. The molecule has 122 valence electrons. The molecule has 5 nitrogen and oxygen atoms in total. The average Bonchev–Trinajstić information content (AvgIpc) is 3.08. The third-order valence-corrected chi connectivity index (χ3v) is 3.63. The standard InChI is InChI=1S/C17H12ClFN2O3/c1-23-12-5-2-10(3-6-12)16-13(9-20-24-16)17(22)21-11-4-7-15(19)14(18)8-11/h2-9H,1H3,(H,21,22). The van der Waals surface area contributed by atoms with Gasteiger partial charge in [0, 0.05) is 11.3 Å². The number of methoxy groups -OCH3 is 1. The summed E-state index contributed by atoms with van der Waals surface area (Å²) in [6.45, 7) is 0. The first-order valence-corrected chi connectivity index (χ1v) is 7.32. The predicted molar refractivity (Wildman–Crippen MR) is 87.9 cm³/mol. The van der Waals surface area contributed by atoms with Gasteiger partial charge in [0.05, 0.1) is 18.3 Å². The van der Waals surface area contributed by atoms with E-state index in [-0.39, 0.29) is 10.6 Å². The summed E-state index contributed by atoms with van der Waals surface area (Å²) in [5.74, 6) is 0.0110. The minimum atomic E-state index is -0.557. The number of anilines is 1. The number of amides is 1. The first kappa shape index (κ1) is 16.0. The van der Waals surface area contributed by atoms with Gasteiger partial charge in [-0.1, -0.05) is 16.8 Å². The highest BCUT2D eigenvalue weighted by Gasteiger charge is 2.18. The number of hydrogen-bond acceptors (Lipinski definition) is 4. The predicted octanol–water partition coefficient (Wildman–Crippen LogP) is 4.40. The third-order valence-electron chi connectivity index (χ3n) is 3.34. The van der Waals surface area contributed by atoms with Crippen molar-refractivity contribution in [3.63, 3.8) is 0 Å². The lowest BCUT2D eigenvalue weighted by Gasteiger charge is -2.06. The maximum atomic E-state index is 13.2. The molecule has 0 saturated carbocycles. The molecule has 0 fully saturated rings. The van der Waals surface area contributed by atoms with Crippen LogP contribution in [0.25, 0.3) is 11.3 Å². The van der Waals surface area contributed by atoms with Crippen LogP contribution in [0.15, 0.2) is 53.2 Å². The molecule has 7 heteroatoms. The van der Waals surface area contributed by atoms with E-state index in [2.05, 4.69) is 10.5 Å². The number of nitrogens with one attached hydrogen (secondary N) is 1. The van der Waals surface area contributed by atoms with E-state index >= 15 is 0 Å². The van der Waals surface area contributed by atoms with E-state index < -0.39 is 11.7 Å². The van der Waals surface area contributed by atoms with Gasteiger partial charge < -0.3 is 14.6 Å². The highest BCUT2D eigenvalue weighted by Crippen LogP contribution is 2.27. The van der Waals surface area contributed by atoms with Crippen LogP contribution in [0.2, 0.25) is 5.02 Å². The molecular weight excluding hydrogens is 335 g/mol. The quantitative estimate of drug-likeness (QED) is 0.760. The number of benzene rings is 2. The van der Waals surface area contributed by atoms with Gasteiger partial charge in [0.15, 0.2) is 5.76 Å². The molecule has 3 rings (SSSR count). The van der Waals surface area contributed by atoms with Crippen LogP contribution in [0.1, 0.15) is 10.4 Å². The van der Waals surface area contributed by atoms with Crippen LogP contribution in [0.3, 0.4) is 0 Å². The molecular formula is C17H12ClFN2O3. The van der Waals surface area contributed by atoms with E-state index in [4.69, 9.17) is 20.9 Å². The Hall–Kier alpha value is -2.86. The lowest BCUT2D eigenvalue weighted by atomic mass is 10.1. The molecule has 0 spiro atoms. The van der Waals surface area contributed by atoms with E-state index in [0.29, 0.717) is 22.8 Å². The van der Waals surface area contributed by atoms with Crippen molar-refractivity contribution in [1.82, 2.24) is 5.16 Å². The first-order valence-electron chi connectivity index (χ1n) is 6.94. The summed E-state index contributed by atoms with van der Waals surface area (Å²) in [4.78, 5) is 12.4. The summed E-state index contributed by atoms with van der Waals surface area (Å²) in [5, 5.41) is 6.24. The Kier molecular flexibility index (Phi) is 4.48. The fourth-order valence-electron chi connectivity index (χ4n) is 2.12. The van der Waals surface area contributed by atoms with Crippen LogP contribution in [0.4, 0.5) is 10.1 Å². The molecule has 0 aliphatic rings. The molecule has 0 unspecified atom stereocenters. The third kappa shape index (κ3) is 3.23. The van der Waals surface area contributed by atoms with E-state index in [9.17, 15) is 9.18 Å². The van der Waals surface area contributed by atoms with Crippen molar-refractivity contribution in [2.24, 2.45) is 0 Å². The Morgan fingerprint density at radius 3 is 2.67 bits per heavy atom. The van der Waals surface area contributed by atoms with Gasteiger partial charge in [0.2, 0.25) is 0 Å². The van der Waals surface area contributed by atoms with Gasteiger partial charge in [-0.2, -0.15) is 0 Å². The summed E-state index contributed by atoms with van der Waals surface area (Å²) in [7, 11) is 1.57. The first-order chi connectivity index (χ1) is 11.6. The van der Waals surface area contributed by atoms with Crippen LogP contribution in [0.5, 0.6) is 5.75 Å². The summed E-state index contributed by atoms with van der Waals surface area (Å²) in [6.07, 6.45) is 1.32. The Morgan fingerprint density at radius 2 is 2.00 bits per heavy atom. The highest BCUT2D eigenvalue weighted by atomic mass is 35.5. The van der Waals surface area contributed by atoms with Gasteiger partial charge in [-0.25, -0.2) is 4.39 Å². The fourth-order valence-corrected chi connectivity index (χ4v) is 2.30. The number of ether oxygens (including phenoxy) is 1. The lowest BCUT2D eigenvalue weighted by molar-refractivity contribution is 0.102. The average molecular weight is 347 g/mol. The summed E-state index contributed by atoms with van der Waals surface area (Å²) < 4.78 is 23.5. The van der Waals surface area contributed by atoms with Gasteiger partial charge >= 0.3 is 0 Å². The largest absolute Gasteiger partial charge is 0.497 e. The smallest absolute Gasteiger partial charge is 0.261 e. The minimum Gasteiger partial charge on any atom is -0.497 e. The molecule has 1 heterocycles. The Balaban J connectivity index is 1.85. The number of rotatable bonds is 4. The highest BCUT2D eigenvalue weighted by molar-refractivity contribution is 6.31. The van der Waals surface area contributed by atoms with Crippen LogP contribution in [-0.4, -0.2) is 18.2 Å². The zero-order chi connectivity index (χ0) is 17.1. The van der Waals surface area contributed by atoms with E-state index in [0.717, 1.165) is 0 Å². The normalized spacial score (nSPS) is 10.5. The Labute approximate surface area is 142 Å². The fraction of sp³-hybridized carbons (Fsp3) is 0.0588. The maximum absolute atomic E-state index is 13.2. The van der Waals surface area contributed by atoms with Crippen molar-refractivity contribution >= 4 is 23.2 Å². The van der Waals surface area contributed by atoms with Gasteiger partial charge in [-0.05, 0) is 42.5 Å². The molecule has 3 aromatic rings. The topological polar surface area (TPSA) is 64.4 Å². The lowest BCUT2D eigenvalue weighted by Crippen LogP contribution is -2.12. The van der Waals surface area contributed by atoms with Crippen molar-refractivity contribution in [2.45, 2.75) is 0 Å². The molecule has 2 aromatic carbocycles. The van der Waals surface area contributed by atoms with E-state index in [1.165, 1.54) is 24.4 Å². The molecule has 1 N–H and O–H groups in total. The number of carbonyl (C=O) groups is 1. The number of carbonyl (C=O) groups excluding carboxylic acids is 1. The zero-order valence-corrected chi connectivity index (χ0v) is 13.3. The molecule has 0 saturated heterocycles. The minimum absolute atomic E-state index is 0.0755. The molecule has 0 atom stereocenters. The van der Waals surface area contributed by atoms with E-state index in [1.807, 2.05) is 0 Å². The number of hydrogen-bond donors (Lipinski definition) is 1. The second-order valence-electron chi connectivity index (χ2n) is 4.88. The van der Waals surface area contributed by atoms with Crippen molar-refractivity contribution < 1.29 is 18.4 Å². The van der Waals surface area contributed by atoms with Crippen molar-refractivity contribution in [2.75, 3.05) is 12.4 Å². The Bertz CT molecular complexity index is 878. The maximum Gasteiger partial charge on any atom is 0.261 e. The van der Waals surface area contributed by atoms with Crippen molar-refractivity contribution in [3.05, 3.63) is 65.1 Å². The summed E-state index contributed by atoms with van der Waals surface area (Å²) in [6, 6.07) is 10.9. The molecule has 0 aliphatic heterocycles.